The summed E-state index contributed by atoms with van der Waals surface area (Å²) in [6.45, 7) is 0. The number of alkyl halides is 9. The molecule has 0 aliphatic carbocycles. The van der Waals surface area contributed by atoms with Crippen LogP contribution in [-0.4, -0.2) is 16.1 Å². The number of carboxylic acid groups (broad SMARTS) is 1. The third kappa shape index (κ3) is 5.38. The van der Waals surface area contributed by atoms with Crippen LogP contribution in [0.5, 0.6) is 0 Å². The first-order chi connectivity index (χ1) is 18.5. The third-order valence-electron chi connectivity index (χ3n) is 6.28. The minimum absolute atomic E-state index is 0.171. The number of benzene rings is 3. The minimum atomic E-state index is -4.91. The van der Waals surface area contributed by atoms with E-state index in [4.69, 9.17) is 0 Å². The molecule has 0 saturated carbocycles. The quantitative estimate of drug-likeness (QED) is 0.195. The summed E-state index contributed by atoms with van der Waals surface area (Å²) in [7, 11) is 0. The highest BCUT2D eigenvalue weighted by Gasteiger charge is 2.43. The van der Waals surface area contributed by atoms with Crippen LogP contribution < -0.4 is 0 Å². The predicted octanol–water partition coefficient (Wildman–Crippen LogP) is 8.22. The van der Waals surface area contributed by atoms with Crippen molar-refractivity contribution in [3.05, 3.63) is 136 Å². The number of hydrogen-bond acceptors (Lipinski definition) is 2. The maximum Gasteiger partial charge on any atom is 0.416 e. The lowest BCUT2D eigenvalue weighted by Gasteiger charge is -2.37. The van der Waals surface area contributed by atoms with Crippen LogP contribution in [0.3, 0.4) is 0 Å². The second-order valence-corrected chi connectivity index (χ2v) is 8.72. The standard InChI is InChI=1S/C28H16F9NO2/c29-26(30,31)19-7-1-4-16(12-19)25(22-10-11-23(24(39)40)38-15-22,17-5-2-8-20(13-17)27(32,33)34)18-6-3-9-21(14-18)28(35,36)37/h1-15H,(H,39,40). The maximum atomic E-state index is 13.8. The van der Waals surface area contributed by atoms with E-state index in [-0.39, 0.29) is 22.3 Å². The summed E-state index contributed by atoms with van der Waals surface area (Å²) in [5.74, 6) is -1.48. The molecule has 4 aromatic rings. The average Bonchev–Trinajstić information content (AvgIpc) is 2.89. The fraction of sp³-hybridized carbons (Fsp3) is 0.143. The first-order valence-corrected chi connectivity index (χ1v) is 11.3. The number of nitrogens with zero attached hydrogens (tertiary/aromatic N) is 1. The molecule has 0 aliphatic heterocycles. The van der Waals surface area contributed by atoms with Crippen LogP contribution in [0.1, 0.15) is 49.4 Å². The van der Waals surface area contributed by atoms with Crippen molar-refractivity contribution in [3.63, 3.8) is 0 Å². The van der Waals surface area contributed by atoms with Gasteiger partial charge in [-0.3, -0.25) is 0 Å². The van der Waals surface area contributed by atoms with Crippen molar-refractivity contribution >= 4 is 5.97 Å². The molecule has 1 N–H and O–H groups in total. The number of halogens is 9. The number of carbonyl (C=O) groups is 1. The molecule has 40 heavy (non-hydrogen) atoms. The first kappa shape index (κ1) is 28.7. The van der Waals surface area contributed by atoms with Gasteiger partial charge in [-0.05, 0) is 46.5 Å². The molecule has 0 aliphatic rings. The Bertz CT molecular complexity index is 1400. The van der Waals surface area contributed by atoms with Crippen LogP contribution in [0.4, 0.5) is 39.5 Å². The smallest absolute Gasteiger partial charge is 0.416 e. The molecule has 4 rings (SSSR count). The van der Waals surface area contributed by atoms with E-state index in [2.05, 4.69) is 4.98 Å². The Hall–Kier alpha value is -4.35. The van der Waals surface area contributed by atoms with Gasteiger partial charge in [0.25, 0.3) is 0 Å². The molecule has 208 valence electrons. The van der Waals surface area contributed by atoms with Gasteiger partial charge in [0, 0.05) is 6.20 Å². The molecule has 0 fully saturated rings. The number of aromatic nitrogens is 1. The molecule has 0 saturated heterocycles. The van der Waals surface area contributed by atoms with E-state index in [9.17, 15) is 49.4 Å². The third-order valence-corrected chi connectivity index (χ3v) is 6.28. The zero-order valence-corrected chi connectivity index (χ0v) is 19.9. The molecule has 3 nitrogen and oxygen atoms in total. The normalized spacial score (nSPS) is 12.8. The lowest BCUT2D eigenvalue weighted by molar-refractivity contribution is -0.138. The number of hydrogen-bond donors (Lipinski definition) is 1. The molecule has 0 amide bonds. The Labute approximate surface area is 220 Å². The second-order valence-electron chi connectivity index (χ2n) is 8.72. The van der Waals surface area contributed by atoms with Crippen LogP contribution >= 0.6 is 0 Å². The Morgan fingerprint density at radius 1 is 0.525 bits per heavy atom. The molecular weight excluding hydrogens is 553 g/mol. The van der Waals surface area contributed by atoms with E-state index in [0.717, 1.165) is 54.7 Å². The highest BCUT2D eigenvalue weighted by molar-refractivity contribution is 5.85. The zero-order chi connectivity index (χ0) is 29.5. The van der Waals surface area contributed by atoms with Crippen molar-refractivity contribution < 1.29 is 49.4 Å². The van der Waals surface area contributed by atoms with Crippen LogP contribution in [0.15, 0.2) is 91.1 Å². The summed E-state index contributed by atoms with van der Waals surface area (Å²) in [5.41, 5.74) is -7.50. The van der Waals surface area contributed by atoms with Gasteiger partial charge in [0.05, 0.1) is 22.1 Å². The molecule has 0 atom stereocenters. The fourth-order valence-electron chi connectivity index (χ4n) is 4.53. The second kappa shape index (κ2) is 10.00. The van der Waals surface area contributed by atoms with E-state index in [1.807, 2.05) is 0 Å². The minimum Gasteiger partial charge on any atom is -0.477 e. The van der Waals surface area contributed by atoms with Crippen LogP contribution in [0, 0.1) is 0 Å². The summed E-state index contributed by atoms with van der Waals surface area (Å²) >= 11 is 0. The predicted molar refractivity (Wildman–Crippen MR) is 125 cm³/mol. The van der Waals surface area contributed by atoms with Crippen LogP contribution in [0.2, 0.25) is 0 Å². The summed E-state index contributed by atoms with van der Waals surface area (Å²) in [4.78, 5) is 15.2. The largest absolute Gasteiger partial charge is 0.477 e. The Morgan fingerprint density at radius 3 is 1.15 bits per heavy atom. The molecule has 0 unspecified atom stereocenters. The monoisotopic (exact) mass is 569 g/mol. The molecule has 0 radical (unpaired) electrons. The van der Waals surface area contributed by atoms with E-state index in [0.29, 0.717) is 36.4 Å². The van der Waals surface area contributed by atoms with Gasteiger partial charge >= 0.3 is 24.5 Å². The van der Waals surface area contributed by atoms with Gasteiger partial charge in [-0.15, -0.1) is 0 Å². The van der Waals surface area contributed by atoms with Crippen LogP contribution in [0.25, 0.3) is 0 Å². The van der Waals surface area contributed by atoms with E-state index in [1.54, 1.807) is 0 Å². The van der Waals surface area contributed by atoms with Crippen molar-refractivity contribution in [3.8, 4) is 0 Å². The lowest BCUT2D eigenvalue weighted by Crippen LogP contribution is -2.32. The highest BCUT2D eigenvalue weighted by atomic mass is 19.4. The van der Waals surface area contributed by atoms with Gasteiger partial charge < -0.3 is 5.11 Å². The summed E-state index contributed by atoms with van der Waals surface area (Å²) in [6, 6.07) is 12.4. The Balaban J connectivity index is 2.21. The number of pyridine rings is 1. The number of rotatable bonds is 5. The van der Waals surface area contributed by atoms with Crippen molar-refractivity contribution in [2.45, 2.75) is 23.9 Å². The molecule has 12 heteroatoms. The van der Waals surface area contributed by atoms with Crippen molar-refractivity contribution in [2.75, 3.05) is 0 Å². The Morgan fingerprint density at radius 2 is 0.875 bits per heavy atom. The van der Waals surface area contributed by atoms with Gasteiger partial charge in [-0.1, -0.05) is 60.7 Å². The van der Waals surface area contributed by atoms with E-state index >= 15 is 0 Å². The maximum absolute atomic E-state index is 13.8. The molecular formula is C28H16F9NO2. The molecule has 1 aromatic heterocycles. The molecule has 0 spiro atoms. The number of carboxylic acids is 1. The topological polar surface area (TPSA) is 50.2 Å². The summed E-state index contributed by atoms with van der Waals surface area (Å²) in [5, 5.41) is 9.27. The summed E-state index contributed by atoms with van der Waals surface area (Å²) < 4.78 is 124. The first-order valence-electron chi connectivity index (χ1n) is 11.3. The van der Waals surface area contributed by atoms with Crippen molar-refractivity contribution in [2.24, 2.45) is 0 Å². The van der Waals surface area contributed by atoms with Crippen molar-refractivity contribution in [1.82, 2.24) is 4.98 Å². The molecule has 1 heterocycles. The number of aromatic carboxylic acids is 1. The Kier molecular flexibility index (Phi) is 7.16. The van der Waals surface area contributed by atoms with Crippen molar-refractivity contribution in [1.29, 1.82) is 0 Å². The van der Waals surface area contributed by atoms with Gasteiger partial charge in [0.15, 0.2) is 0 Å². The SMILES string of the molecule is O=C(O)c1ccc(C(c2cccc(C(F)(F)F)c2)(c2cccc(C(F)(F)F)c2)c2cccc(C(F)(F)F)c2)cn1. The van der Waals surface area contributed by atoms with E-state index in [1.165, 1.54) is 0 Å². The lowest BCUT2D eigenvalue weighted by atomic mass is 9.64. The summed E-state index contributed by atoms with van der Waals surface area (Å²) in [6.07, 6.45) is -13.8. The van der Waals surface area contributed by atoms with E-state index < -0.39 is 52.3 Å². The molecule has 0 bridgehead atoms. The van der Waals surface area contributed by atoms with Gasteiger partial charge in [-0.2, -0.15) is 39.5 Å². The highest BCUT2D eigenvalue weighted by Crippen LogP contribution is 2.48. The average molecular weight is 569 g/mol. The zero-order valence-electron chi connectivity index (χ0n) is 19.9. The fourth-order valence-corrected chi connectivity index (χ4v) is 4.53. The molecule has 3 aromatic carbocycles. The van der Waals surface area contributed by atoms with Gasteiger partial charge in [0.1, 0.15) is 5.69 Å². The van der Waals surface area contributed by atoms with Crippen LogP contribution in [-0.2, 0) is 23.9 Å². The van der Waals surface area contributed by atoms with Gasteiger partial charge in [0.2, 0.25) is 0 Å². The van der Waals surface area contributed by atoms with Gasteiger partial charge in [-0.25, -0.2) is 9.78 Å².